The van der Waals surface area contributed by atoms with Gasteiger partial charge in [0.15, 0.2) is 5.76 Å². The molecular weight excluding hydrogens is 224 g/mol. The Hall–Kier alpha value is -0.830. The summed E-state index contributed by atoms with van der Waals surface area (Å²) in [5.74, 6) is 2.99. The maximum absolute atomic E-state index is 5.25. The van der Waals surface area contributed by atoms with Gasteiger partial charge in [0.05, 0.1) is 12.2 Å². The summed E-state index contributed by atoms with van der Waals surface area (Å²) < 4.78 is 5.25. The SMILES string of the molecule is Cc1cc(CNC2CCC3CCCCC3C2)on1. The summed E-state index contributed by atoms with van der Waals surface area (Å²) in [5.41, 5.74) is 0.975. The van der Waals surface area contributed by atoms with E-state index in [1.807, 2.05) is 13.0 Å². The van der Waals surface area contributed by atoms with Gasteiger partial charge < -0.3 is 9.84 Å². The summed E-state index contributed by atoms with van der Waals surface area (Å²) >= 11 is 0. The van der Waals surface area contributed by atoms with Gasteiger partial charge in [-0.3, -0.25) is 0 Å². The molecule has 2 saturated carbocycles. The Morgan fingerprint density at radius 2 is 2.06 bits per heavy atom. The predicted molar refractivity (Wildman–Crippen MR) is 71.2 cm³/mol. The van der Waals surface area contributed by atoms with Gasteiger partial charge in [-0.15, -0.1) is 0 Å². The lowest BCUT2D eigenvalue weighted by Crippen LogP contribution is -2.38. The Labute approximate surface area is 109 Å². The molecule has 0 aliphatic heterocycles. The topological polar surface area (TPSA) is 38.1 Å². The Kier molecular flexibility index (Phi) is 3.69. The summed E-state index contributed by atoms with van der Waals surface area (Å²) in [4.78, 5) is 0. The molecule has 0 spiro atoms. The third-order valence-electron chi connectivity index (χ3n) is 4.78. The van der Waals surface area contributed by atoms with Gasteiger partial charge in [0.1, 0.15) is 0 Å². The third-order valence-corrected chi connectivity index (χ3v) is 4.78. The molecule has 1 aromatic rings. The van der Waals surface area contributed by atoms with Gasteiger partial charge in [-0.05, 0) is 38.0 Å². The molecule has 1 N–H and O–H groups in total. The zero-order valence-electron chi connectivity index (χ0n) is 11.3. The van der Waals surface area contributed by atoms with E-state index in [2.05, 4.69) is 10.5 Å². The second kappa shape index (κ2) is 5.43. The first-order valence-electron chi connectivity index (χ1n) is 7.47. The van der Waals surface area contributed by atoms with Crippen LogP contribution in [0.1, 0.15) is 56.4 Å². The average molecular weight is 248 g/mol. The number of nitrogens with zero attached hydrogens (tertiary/aromatic N) is 1. The highest BCUT2D eigenvalue weighted by molar-refractivity contribution is 5.03. The second-order valence-electron chi connectivity index (χ2n) is 6.13. The van der Waals surface area contributed by atoms with Gasteiger partial charge in [0, 0.05) is 12.1 Å². The monoisotopic (exact) mass is 248 g/mol. The second-order valence-corrected chi connectivity index (χ2v) is 6.13. The molecule has 1 aromatic heterocycles. The van der Waals surface area contributed by atoms with Crippen LogP contribution in [0.4, 0.5) is 0 Å². The molecule has 0 aromatic carbocycles. The van der Waals surface area contributed by atoms with Crippen LogP contribution >= 0.6 is 0 Å². The minimum atomic E-state index is 0.690. The van der Waals surface area contributed by atoms with Crippen LogP contribution in [0.25, 0.3) is 0 Å². The lowest BCUT2D eigenvalue weighted by atomic mass is 9.69. The van der Waals surface area contributed by atoms with Gasteiger partial charge >= 0.3 is 0 Å². The third kappa shape index (κ3) is 2.77. The van der Waals surface area contributed by atoms with Crippen LogP contribution in [0.3, 0.4) is 0 Å². The lowest BCUT2D eigenvalue weighted by molar-refractivity contribution is 0.142. The van der Waals surface area contributed by atoms with E-state index in [0.29, 0.717) is 6.04 Å². The van der Waals surface area contributed by atoms with E-state index < -0.39 is 0 Å². The van der Waals surface area contributed by atoms with Crippen LogP contribution in [-0.2, 0) is 6.54 Å². The summed E-state index contributed by atoms with van der Waals surface area (Å²) in [5, 5.41) is 7.58. The fourth-order valence-electron chi connectivity index (χ4n) is 3.80. The highest BCUT2D eigenvalue weighted by Crippen LogP contribution is 2.40. The van der Waals surface area contributed by atoms with Crippen molar-refractivity contribution < 1.29 is 4.52 Å². The molecule has 2 fully saturated rings. The van der Waals surface area contributed by atoms with E-state index in [4.69, 9.17) is 4.52 Å². The van der Waals surface area contributed by atoms with E-state index >= 15 is 0 Å². The zero-order valence-corrected chi connectivity index (χ0v) is 11.3. The number of nitrogens with one attached hydrogen (secondary N) is 1. The molecule has 2 aliphatic carbocycles. The highest BCUT2D eigenvalue weighted by atomic mass is 16.5. The first kappa shape index (κ1) is 12.2. The van der Waals surface area contributed by atoms with Crippen molar-refractivity contribution in [3.63, 3.8) is 0 Å². The summed E-state index contributed by atoms with van der Waals surface area (Å²) in [6.07, 6.45) is 10.0. The molecular formula is C15H24N2O. The molecule has 0 bridgehead atoms. The zero-order chi connectivity index (χ0) is 12.4. The van der Waals surface area contributed by atoms with Crippen LogP contribution in [0.5, 0.6) is 0 Å². The highest BCUT2D eigenvalue weighted by Gasteiger charge is 2.31. The number of aryl methyl sites for hydroxylation is 1. The van der Waals surface area contributed by atoms with Crippen molar-refractivity contribution in [2.75, 3.05) is 0 Å². The molecule has 0 radical (unpaired) electrons. The standard InChI is InChI=1S/C15H24N2O/c1-11-8-15(18-17-11)10-16-14-7-6-12-4-2-3-5-13(12)9-14/h8,12-14,16H,2-7,9-10H2,1H3. The maximum Gasteiger partial charge on any atom is 0.150 e. The number of rotatable bonds is 3. The maximum atomic E-state index is 5.25. The van der Waals surface area contributed by atoms with Crippen molar-refractivity contribution in [1.82, 2.24) is 10.5 Å². The van der Waals surface area contributed by atoms with Gasteiger partial charge in [-0.1, -0.05) is 30.8 Å². The molecule has 3 heteroatoms. The predicted octanol–water partition coefficient (Wildman–Crippen LogP) is 3.43. The Morgan fingerprint density at radius 1 is 1.22 bits per heavy atom. The van der Waals surface area contributed by atoms with Gasteiger partial charge in [0.2, 0.25) is 0 Å². The molecule has 0 amide bonds. The van der Waals surface area contributed by atoms with Crippen LogP contribution in [0.15, 0.2) is 10.6 Å². The molecule has 2 aliphatic rings. The van der Waals surface area contributed by atoms with Crippen molar-refractivity contribution in [1.29, 1.82) is 0 Å². The molecule has 3 rings (SSSR count). The average Bonchev–Trinajstić information content (AvgIpc) is 2.82. The summed E-state index contributed by atoms with van der Waals surface area (Å²) in [6, 6.07) is 2.72. The Bertz CT molecular complexity index is 388. The van der Waals surface area contributed by atoms with E-state index in [0.717, 1.165) is 29.8 Å². The molecule has 1 heterocycles. The number of hydrogen-bond acceptors (Lipinski definition) is 3. The number of aromatic nitrogens is 1. The lowest BCUT2D eigenvalue weighted by Gasteiger charge is -2.39. The first-order valence-corrected chi connectivity index (χ1v) is 7.47. The first-order chi connectivity index (χ1) is 8.81. The molecule has 3 nitrogen and oxygen atoms in total. The van der Waals surface area contributed by atoms with Crippen LogP contribution in [-0.4, -0.2) is 11.2 Å². The Balaban J connectivity index is 1.49. The van der Waals surface area contributed by atoms with E-state index in [9.17, 15) is 0 Å². The fourth-order valence-corrected chi connectivity index (χ4v) is 3.80. The summed E-state index contributed by atoms with van der Waals surface area (Å²) in [7, 11) is 0. The van der Waals surface area contributed by atoms with Crippen molar-refractivity contribution >= 4 is 0 Å². The van der Waals surface area contributed by atoms with E-state index in [-0.39, 0.29) is 0 Å². The molecule has 3 unspecified atom stereocenters. The molecule has 100 valence electrons. The van der Waals surface area contributed by atoms with Crippen LogP contribution < -0.4 is 5.32 Å². The minimum Gasteiger partial charge on any atom is -0.360 e. The van der Waals surface area contributed by atoms with Crippen molar-refractivity contribution in [3.8, 4) is 0 Å². The Morgan fingerprint density at radius 3 is 2.83 bits per heavy atom. The summed E-state index contributed by atoms with van der Waals surface area (Å²) in [6.45, 7) is 2.81. The molecule has 0 saturated heterocycles. The molecule has 18 heavy (non-hydrogen) atoms. The van der Waals surface area contributed by atoms with Gasteiger partial charge in [-0.2, -0.15) is 0 Å². The minimum absolute atomic E-state index is 0.690. The fraction of sp³-hybridized carbons (Fsp3) is 0.800. The van der Waals surface area contributed by atoms with E-state index in [1.54, 1.807) is 0 Å². The largest absolute Gasteiger partial charge is 0.360 e. The quantitative estimate of drug-likeness (QED) is 0.890. The van der Waals surface area contributed by atoms with Crippen LogP contribution in [0.2, 0.25) is 0 Å². The van der Waals surface area contributed by atoms with Gasteiger partial charge in [-0.25, -0.2) is 0 Å². The van der Waals surface area contributed by atoms with Crippen LogP contribution in [0, 0.1) is 18.8 Å². The number of hydrogen-bond donors (Lipinski definition) is 1. The van der Waals surface area contributed by atoms with Crippen molar-refractivity contribution in [2.45, 2.75) is 64.5 Å². The molecule has 3 atom stereocenters. The van der Waals surface area contributed by atoms with Gasteiger partial charge in [0.25, 0.3) is 0 Å². The van der Waals surface area contributed by atoms with Crippen molar-refractivity contribution in [2.24, 2.45) is 11.8 Å². The normalized spacial score (nSPS) is 32.2. The van der Waals surface area contributed by atoms with Crippen molar-refractivity contribution in [3.05, 3.63) is 17.5 Å². The number of fused-ring (bicyclic) bond motifs is 1. The van der Waals surface area contributed by atoms with E-state index in [1.165, 1.54) is 44.9 Å². The smallest absolute Gasteiger partial charge is 0.150 e.